The summed E-state index contributed by atoms with van der Waals surface area (Å²) in [6.07, 6.45) is 9.10. The highest BCUT2D eigenvalue weighted by Gasteiger charge is 2.16. The summed E-state index contributed by atoms with van der Waals surface area (Å²) in [4.78, 5) is 29.0. The van der Waals surface area contributed by atoms with E-state index in [1.54, 1.807) is 30.9 Å². The van der Waals surface area contributed by atoms with Crippen LogP contribution in [-0.4, -0.2) is 36.0 Å². The maximum absolute atomic E-state index is 13.9. The molecule has 6 aromatic rings. The highest BCUT2D eigenvalue weighted by Crippen LogP contribution is 2.34. The van der Waals surface area contributed by atoms with Gasteiger partial charge in [-0.25, -0.2) is 9.37 Å². The third-order valence-corrected chi connectivity index (χ3v) is 6.44. The molecule has 1 amide bonds. The summed E-state index contributed by atoms with van der Waals surface area (Å²) in [5.74, 6) is -0.336. The van der Waals surface area contributed by atoms with Crippen LogP contribution in [0.15, 0.2) is 73.3 Å². The Hall–Kier alpha value is -4.92. The van der Waals surface area contributed by atoms with E-state index >= 15 is 0 Å². The Balaban J connectivity index is 1.37. The lowest BCUT2D eigenvalue weighted by Crippen LogP contribution is -2.11. The van der Waals surface area contributed by atoms with Gasteiger partial charge in [0.15, 0.2) is 5.65 Å². The molecule has 0 aliphatic carbocycles. The Morgan fingerprint density at radius 3 is 2.74 bits per heavy atom. The van der Waals surface area contributed by atoms with Crippen LogP contribution >= 0.6 is 0 Å². The number of pyridine rings is 3. The predicted octanol–water partition coefficient (Wildman–Crippen LogP) is 6.50. The van der Waals surface area contributed by atoms with Crippen molar-refractivity contribution in [3.05, 3.63) is 79.1 Å². The maximum Gasteiger partial charge on any atom is 0.224 e. The van der Waals surface area contributed by atoms with Crippen molar-refractivity contribution in [2.24, 2.45) is 0 Å². The van der Waals surface area contributed by atoms with Gasteiger partial charge in [0.05, 0.1) is 29.0 Å². The second-order valence-electron chi connectivity index (χ2n) is 9.12. The van der Waals surface area contributed by atoms with Crippen LogP contribution in [0.25, 0.3) is 55.7 Å². The molecule has 0 spiro atoms. The molecule has 38 heavy (non-hydrogen) atoms. The molecule has 0 fully saturated rings. The van der Waals surface area contributed by atoms with Crippen molar-refractivity contribution < 1.29 is 9.18 Å². The summed E-state index contributed by atoms with van der Waals surface area (Å²) < 4.78 is 13.9. The van der Waals surface area contributed by atoms with Crippen LogP contribution in [0.1, 0.15) is 26.2 Å². The van der Waals surface area contributed by atoms with E-state index in [-0.39, 0.29) is 11.7 Å². The smallest absolute Gasteiger partial charge is 0.224 e. The van der Waals surface area contributed by atoms with Crippen LogP contribution in [0.5, 0.6) is 0 Å². The van der Waals surface area contributed by atoms with E-state index in [0.717, 1.165) is 51.6 Å². The van der Waals surface area contributed by atoms with Crippen molar-refractivity contribution in [1.82, 2.24) is 30.1 Å². The third-order valence-electron chi connectivity index (χ3n) is 6.44. The second kappa shape index (κ2) is 9.85. The number of amides is 1. The van der Waals surface area contributed by atoms with Crippen LogP contribution in [0.2, 0.25) is 0 Å². The summed E-state index contributed by atoms with van der Waals surface area (Å²) in [7, 11) is 0. The number of hydrogen-bond acceptors (Lipinski definition) is 5. The molecule has 0 atom stereocenters. The first kappa shape index (κ1) is 23.5. The average Bonchev–Trinajstić information content (AvgIpc) is 3.55. The molecule has 6 rings (SSSR count). The highest BCUT2D eigenvalue weighted by atomic mass is 19.1. The van der Waals surface area contributed by atoms with Crippen LogP contribution in [0, 0.1) is 5.82 Å². The predicted molar refractivity (Wildman–Crippen MR) is 146 cm³/mol. The fourth-order valence-electron chi connectivity index (χ4n) is 4.54. The van der Waals surface area contributed by atoms with Crippen LogP contribution in [0.3, 0.4) is 0 Å². The summed E-state index contributed by atoms with van der Waals surface area (Å²) >= 11 is 0. The van der Waals surface area contributed by atoms with Gasteiger partial charge in [0, 0.05) is 58.0 Å². The quantitative estimate of drug-likeness (QED) is 0.229. The molecule has 1 aromatic carbocycles. The summed E-state index contributed by atoms with van der Waals surface area (Å²) in [5.41, 5.74) is 6.73. The van der Waals surface area contributed by atoms with Crippen molar-refractivity contribution in [2.45, 2.75) is 26.2 Å². The normalized spacial score (nSPS) is 11.3. The van der Waals surface area contributed by atoms with Gasteiger partial charge in [0.2, 0.25) is 5.91 Å². The molecule has 0 radical (unpaired) electrons. The van der Waals surface area contributed by atoms with Crippen LogP contribution < -0.4 is 5.32 Å². The molecule has 3 N–H and O–H groups in total. The van der Waals surface area contributed by atoms with Crippen molar-refractivity contribution in [2.75, 3.05) is 5.32 Å². The summed E-state index contributed by atoms with van der Waals surface area (Å²) in [6, 6.07) is 14.2. The molecule has 0 aliphatic rings. The molecule has 0 bridgehead atoms. The highest BCUT2D eigenvalue weighted by molar-refractivity contribution is 6.00. The largest absolute Gasteiger partial charge is 0.353 e. The number of aromatic nitrogens is 6. The summed E-state index contributed by atoms with van der Waals surface area (Å²) in [6.45, 7) is 2.05. The Labute approximate surface area is 217 Å². The fourth-order valence-corrected chi connectivity index (χ4v) is 4.54. The molecule has 5 heterocycles. The van der Waals surface area contributed by atoms with Gasteiger partial charge < -0.3 is 10.3 Å². The number of hydrogen-bond donors (Lipinski definition) is 3. The molecular weight excluding hydrogens is 481 g/mol. The number of aromatic amines is 2. The SMILES string of the molecule is CCCCC(=O)Nc1cncc(-c2cnc3n[nH]c(-c4cc5c(-c6cccc(F)c6)nccc5[nH]4)c3c2)c1. The van der Waals surface area contributed by atoms with Gasteiger partial charge in [0.1, 0.15) is 5.82 Å². The molecular formula is C29H24FN7O. The van der Waals surface area contributed by atoms with Crippen molar-refractivity contribution in [1.29, 1.82) is 0 Å². The fraction of sp³-hybridized carbons (Fsp3) is 0.138. The summed E-state index contributed by atoms with van der Waals surface area (Å²) in [5, 5.41) is 12.1. The van der Waals surface area contributed by atoms with Crippen molar-refractivity contribution >= 4 is 33.5 Å². The Morgan fingerprint density at radius 2 is 1.87 bits per heavy atom. The van der Waals surface area contributed by atoms with E-state index in [1.807, 2.05) is 30.3 Å². The zero-order valence-electron chi connectivity index (χ0n) is 20.6. The Kier molecular flexibility index (Phi) is 6.09. The van der Waals surface area contributed by atoms with E-state index in [4.69, 9.17) is 0 Å². The Bertz CT molecular complexity index is 1790. The molecule has 0 aliphatic heterocycles. The minimum atomic E-state index is -0.311. The lowest BCUT2D eigenvalue weighted by Gasteiger charge is -2.07. The van der Waals surface area contributed by atoms with Gasteiger partial charge in [-0.15, -0.1) is 0 Å². The lowest BCUT2D eigenvalue weighted by molar-refractivity contribution is -0.116. The van der Waals surface area contributed by atoms with Crippen molar-refractivity contribution in [3.63, 3.8) is 0 Å². The first-order valence-corrected chi connectivity index (χ1v) is 12.4. The molecule has 0 saturated carbocycles. The van der Waals surface area contributed by atoms with Gasteiger partial charge in [-0.1, -0.05) is 25.5 Å². The first-order chi connectivity index (χ1) is 18.6. The van der Waals surface area contributed by atoms with Gasteiger partial charge in [0.25, 0.3) is 0 Å². The molecule has 8 nitrogen and oxygen atoms in total. The van der Waals surface area contributed by atoms with Crippen molar-refractivity contribution in [3.8, 4) is 33.8 Å². The van der Waals surface area contributed by atoms with Gasteiger partial charge in [-0.2, -0.15) is 5.10 Å². The number of carbonyl (C=O) groups is 1. The standard InChI is InChI=1S/C29H24FN7O/c1-2-3-7-26(38)34-21-11-18(14-31-16-21)19-12-23-28(36-37-29(23)33-15-19)25-13-22-24(35-25)8-9-32-27(22)17-5-4-6-20(30)10-17/h4-6,8-16,35H,2-3,7H2,1H3,(H,34,38)(H,33,36,37). The third kappa shape index (κ3) is 4.50. The number of fused-ring (bicyclic) bond motifs is 2. The zero-order chi connectivity index (χ0) is 26.1. The molecule has 0 saturated heterocycles. The number of halogens is 1. The lowest BCUT2D eigenvalue weighted by atomic mass is 10.1. The maximum atomic E-state index is 13.9. The zero-order valence-corrected chi connectivity index (χ0v) is 20.6. The number of carbonyl (C=O) groups excluding carboxylic acids is 1. The number of nitrogens with zero attached hydrogens (tertiary/aromatic N) is 4. The number of unbranched alkanes of at least 4 members (excludes halogenated alkanes) is 1. The van der Waals surface area contributed by atoms with E-state index in [0.29, 0.717) is 29.0 Å². The topological polar surface area (TPSA) is 112 Å². The molecule has 5 aromatic heterocycles. The van der Waals surface area contributed by atoms with E-state index < -0.39 is 0 Å². The minimum Gasteiger partial charge on any atom is -0.353 e. The van der Waals surface area contributed by atoms with Gasteiger partial charge >= 0.3 is 0 Å². The molecule has 0 unspecified atom stereocenters. The van der Waals surface area contributed by atoms with E-state index in [2.05, 4.69) is 42.4 Å². The number of rotatable bonds is 7. The average molecular weight is 506 g/mol. The number of anilines is 1. The number of H-pyrrole nitrogens is 2. The second-order valence-corrected chi connectivity index (χ2v) is 9.12. The first-order valence-electron chi connectivity index (χ1n) is 12.4. The number of nitrogens with one attached hydrogen (secondary N) is 3. The molecule has 188 valence electrons. The monoisotopic (exact) mass is 505 g/mol. The van der Waals surface area contributed by atoms with E-state index in [9.17, 15) is 9.18 Å². The Morgan fingerprint density at radius 1 is 0.974 bits per heavy atom. The molecule has 9 heteroatoms. The van der Waals surface area contributed by atoms with Crippen LogP contribution in [0.4, 0.5) is 10.1 Å². The van der Waals surface area contributed by atoms with Gasteiger partial charge in [-0.3, -0.25) is 19.9 Å². The van der Waals surface area contributed by atoms with E-state index in [1.165, 1.54) is 12.1 Å². The van der Waals surface area contributed by atoms with Crippen LogP contribution in [-0.2, 0) is 4.79 Å². The minimum absolute atomic E-state index is 0.0255. The number of benzene rings is 1. The van der Waals surface area contributed by atoms with Gasteiger partial charge in [-0.05, 0) is 42.8 Å².